The summed E-state index contributed by atoms with van der Waals surface area (Å²) in [4.78, 5) is 10.3. The summed E-state index contributed by atoms with van der Waals surface area (Å²) in [6.07, 6.45) is 5.58. The van der Waals surface area contributed by atoms with Crippen LogP contribution in [0.15, 0.2) is 0 Å². The van der Waals surface area contributed by atoms with Gasteiger partial charge in [-0.3, -0.25) is 0 Å². The fourth-order valence-corrected chi connectivity index (χ4v) is 1.60. The molecule has 0 aromatic rings. The highest BCUT2D eigenvalue weighted by molar-refractivity contribution is 5.54. The normalized spacial score (nSPS) is 34.8. The van der Waals surface area contributed by atoms with E-state index in [4.69, 9.17) is 0 Å². The molecule has 9 heavy (non-hydrogen) atoms. The Morgan fingerprint density at radius 1 is 1.56 bits per heavy atom. The SMILES string of the molecule is [CH2]CC1CCCC1C=O. The van der Waals surface area contributed by atoms with Crippen LogP contribution in [0.5, 0.6) is 0 Å². The molecule has 0 amide bonds. The molecule has 0 heterocycles. The first kappa shape index (κ1) is 6.79. The van der Waals surface area contributed by atoms with Crippen molar-refractivity contribution < 1.29 is 4.79 Å². The molecule has 1 aliphatic rings. The molecule has 51 valence electrons. The zero-order chi connectivity index (χ0) is 6.69. The van der Waals surface area contributed by atoms with E-state index in [1.165, 1.54) is 12.8 Å². The summed E-state index contributed by atoms with van der Waals surface area (Å²) in [5.74, 6) is 0.935. The van der Waals surface area contributed by atoms with Gasteiger partial charge < -0.3 is 4.79 Å². The van der Waals surface area contributed by atoms with Crippen molar-refractivity contribution in [3.8, 4) is 0 Å². The fourth-order valence-electron chi connectivity index (χ4n) is 1.60. The lowest BCUT2D eigenvalue weighted by atomic mass is 9.95. The van der Waals surface area contributed by atoms with Crippen LogP contribution in [0.1, 0.15) is 25.7 Å². The molecule has 0 bridgehead atoms. The third-order valence-electron chi connectivity index (χ3n) is 2.26. The highest BCUT2D eigenvalue weighted by Crippen LogP contribution is 2.31. The molecular weight excluding hydrogens is 112 g/mol. The maximum atomic E-state index is 10.3. The lowest BCUT2D eigenvalue weighted by Crippen LogP contribution is -2.07. The van der Waals surface area contributed by atoms with E-state index >= 15 is 0 Å². The molecule has 0 aromatic heterocycles. The quantitative estimate of drug-likeness (QED) is 0.514. The minimum Gasteiger partial charge on any atom is -0.303 e. The predicted molar refractivity (Wildman–Crippen MR) is 36.9 cm³/mol. The second kappa shape index (κ2) is 3.00. The van der Waals surface area contributed by atoms with Crippen LogP contribution >= 0.6 is 0 Å². The van der Waals surface area contributed by atoms with Crippen molar-refractivity contribution in [1.29, 1.82) is 0 Å². The van der Waals surface area contributed by atoms with Crippen LogP contribution in [0.2, 0.25) is 0 Å². The molecule has 1 rings (SSSR count). The van der Waals surface area contributed by atoms with Gasteiger partial charge in [-0.05, 0) is 25.2 Å². The largest absolute Gasteiger partial charge is 0.303 e. The molecule has 1 nitrogen and oxygen atoms in total. The Morgan fingerprint density at radius 3 is 2.78 bits per heavy atom. The highest BCUT2D eigenvalue weighted by Gasteiger charge is 2.24. The second-order valence-electron chi connectivity index (χ2n) is 2.78. The van der Waals surface area contributed by atoms with Crippen LogP contribution in [0.3, 0.4) is 0 Å². The average Bonchev–Trinajstić information content (AvgIpc) is 2.33. The van der Waals surface area contributed by atoms with Crippen molar-refractivity contribution in [3.05, 3.63) is 6.92 Å². The third kappa shape index (κ3) is 1.32. The Balaban J connectivity index is 2.41. The van der Waals surface area contributed by atoms with E-state index in [-0.39, 0.29) is 0 Å². The molecule has 1 aliphatic carbocycles. The van der Waals surface area contributed by atoms with Gasteiger partial charge in [-0.1, -0.05) is 13.3 Å². The van der Waals surface area contributed by atoms with E-state index in [1.54, 1.807) is 0 Å². The van der Waals surface area contributed by atoms with Gasteiger partial charge in [-0.15, -0.1) is 0 Å². The summed E-state index contributed by atoms with van der Waals surface area (Å²) in [5.41, 5.74) is 0. The van der Waals surface area contributed by atoms with Gasteiger partial charge in [-0.25, -0.2) is 0 Å². The number of carbonyl (C=O) groups is 1. The Morgan fingerprint density at radius 2 is 2.33 bits per heavy atom. The zero-order valence-corrected chi connectivity index (χ0v) is 5.68. The third-order valence-corrected chi connectivity index (χ3v) is 2.26. The van der Waals surface area contributed by atoms with E-state index in [1.807, 2.05) is 0 Å². The smallest absolute Gasteiger partial charge is 0.123 e. The Labute approximate surface area is 56.4 Å². The van der Waals surface area contributed by atoms with Crippen LogP contribution in [-0.2, 0) is 4.79 Å². The van der Waals surface area contributed by atoms with Gasteiger partial charge >= 0.3 is 0 Å². The molecule has 0 aliphatic heterocycles. The summed E-state index contributed by atoms with van der Waals surface area (Å²) in [5, 5.41) is 0. The summed E-state index contributed by atoms with van der Waals surface area (Å²) in [7, 11) is 0. The Hall–Kier alpha value is -0.330. The molecule has 2 atom stereocenters. The van der Waals surface area contributed by atoms with Gasteiger partial charge in [0.15, 0.2) is 0 Å². The molecule has 1 fully saturated rings. The number of rotatable bonds is 2. The predicted octanol–water partition coefficient (Wildman–Crippen LogP) is 1.83. The Kier molecular flexibility index (Phi) is 2.26. The number of aldehydes is 1. The molecule has 0 saturated heterocycles. The van der Waals surface area contributed by atoms with Gasteiger partial charge in [0.2, 0.25) is 0 Å². The first-order valence-corrected chi connectivity index (χ1v) is 3.63. The second-order valence-corrected chi connectivity index (χ2v) is 2.78. The number of hydrogen-bond acceptors (Lipinski definition) is 1. The standard InChI is InChI=1S/C8H13O/c1-2-7-4-3-5-8(7)6-9/h6-8H,1-5H2. The first-order valence-electron chi connectivity index (χ1n) is 3.63. The number of carbonyl (C=O) groups excluding carboxylic acids is 1. The fraction of sp³-hybridized carbons (Fsp3) is 0.750. The van der Waals surface area contributed by atoms with Gasteiger partial charge in [0, 0.05) is 5.92 Å². The van der Waals surface area contributed by atoms with E-state index in [0.29, 0.717) is 11.8 Å². The van der Waals surface area contributed by atoms with Gasteiger partial charge in [-0.2, -0.15) is 0 Å². The van der Waals surface area contributed by atoms with Crippen molar-refractivity contribution in [2.45, 2.75) is 25.7 Å². The lowest BCUT2D eigenvalue weighted by Gasteiger charge is -2.08. The van der Waals surface area contributed by atoms with Crippen LogP contribution in [0, 0.1) is 18.8 Å². The topological polar surface area (TPSA) is 17.1 Å². The minimum absolute atomic E-state index is 0.336. The molecule has 1 radical (unpaired) electrons. The van der Waals surface area contributed by atoms with Gasteiger partial charge in [0.05, 0.1) is 0 Å². The van der Waals surface area contributed by atoms with Gasteiger partial charge in [0.25, 0.3) is 0 Å². The average molecular weight is 125 g/mol. The summed E-state index contributed by atoms with van der Waals surface area (Å²) in [6.45, 7) is 3.81. The van der Waals surface area contributed by atoms with Gasteiger partial charge in [0.1, 0.15) is 6.29 Å². The summed E-state index contributed by atoms with van der Waals surface area (Å²) in [6, 6.07) is 0. The molecule has 1 heteroatoms. The van der Waals surface area contributed by atoms with Crippen molar-refractivity contribution in [2.24, 2.45) is 11.8 Å². The zero-order valence-electron chi connectivity index (χ0n) is 5.68. The first-order chi connectivity index (χ1) is 4.38. The monoisotopic (exact) mass is 125 g/mol. The van der Waals surface area contributed by atoms with E-state index in [2.05, 4.69) is 6.92 Å². The maximum Gasteiger partial charge on any atom is 0.123 e. The minimum atomic E-state index is 0.336. The highest BCUT2D eigenvalue weighted by atomic mass is 16.1. The molecule has 1 saturated carbocycles. The molecule has 0 spiro atoms. The van der Waals surface area contributed by atoms with Crippen molar-refractivity contribution in [3.63, 3.8) is 0 Å². The van der Waals surface area contributed by atoms with Crippen LogP contribution < -0.4 is 0 Å². The van der Waals surface area contributed by atoms with Crippen LogP contribution in [0.25, 0.3) is 0 Å². The Bertz CT molecular complexity index is 98.7. The van der Waals surface area contributed by atoms with E-state index in [0.717, 1.165) is 19.1 Å². The van der Waals surface area contributed by atoms with Crippen molar-refractivity contribution in [2.75, 3.05) is 0 Å². The van der Waals surface area contributed by atoms with Crippen LogP contribution in [0.4, 0.5) is 0 Å². The van der Waals surface area contributed by atoms with Crippen LogP contribution in [-0.4, -0.2) is 6.29 Å². The summed E-state index contributed by atoms with van der Waals surface area (Å²) < 4.78 is 0. The maximum absolute atomic E-state index is 10.3. The van der Waals surface area contributed by atoms with E-state index < -0.39 is 0 Å². The lowest BCUT2D eigenvalue weighted by molar-refractivity contribution is -0.111. The molecular formula is C8H13O. The molecule has 2 unspecified atom stereocenters. The van der Waals surface area contributed by atoms with Crippen molar-refractivity contribution >= 4 is 6.29 Å². The number of hydrogen-bond donors (Lipinski definition) is 0. The van der Waals surface area contributed by atoms with Crippen molar-refractivity contribution in [1.82, 2.24) is 0 Å². The van der Waals surface area contributed by atoms with E-state index in [9.17, 15) is 4.79 Å². The summed E-state index contributed by atoms with van der Waals surface area (Å²) >= 11 is 0. The molecule has 0 aromatic carbocycles. The molecule has 0 N–H and O–H groups in total.